The van der Waals surface area contributed by atoms with Crippen LogP contribution in [0.1, 0.15) is 108 Å². The molecule has 0 aliphatic heterocycles. The van der Waals surface area contributed by atoms with Crippen molar-refractivity contribution >= 4 is 22.3 Å². The Hall–Kier alpha value is -5.30. The number of hydrogen-bond donors (Lipinski definition) is 0. The van der Waals surface area contributed by atoms with Crippen LogP contribution in [0.15, 0.2) is 141 Å². The van der Waals surface area contributed by atoms with Crippen molar-refractivity contribution in [3.8, 4) is 11.5 Å². The Kier molecular flexibility index (Phi) is 12.6. The molecule has 0 saturated heterocycles. The monoisotopic (exact) mass is 792 g/mol. The lowest BCUT2D eigenvalue weighted by Gasteiger charge is -2.35. The molecule has 59 heavy (non-hydrogen) atoms. The standard InChI is InChI=1S/C53H60O6/c1-11-46(54)51(7,8)56-34-32-49(3,4)58-41-27-23-39(24-28-41)53(40-25-29-42(30-26-40)59-50(5,6)33-35-57-52(9,10)47(55)12-2)36-45(37-18-14-13-15-19-37)44-31-22-38-20-16-17-21-43(38)48(44)53/h11-31,45H,1-2,32-36H2,3-10H3. The molecule has 6 rings (SSSR count). The van der Waals surface area contributed by atoms with E-state index in [-0.39, 0.29) is 17.5 Å². The molecule has 0 spiro atoms. The number of ether oxygens (including phenoxy) is 4. The Morgan fingerprint density at radius 1 is 0.610 bits per heavy atom. The molecule has 1 aliphatic carbocycles. The van der Waals surface area contributed by atoms with E-state index < -0.39 is 27.8 Å². The average molecular weight is 793 g/mol. The van der Waals surface area contributed by atoms with Crippen LogP contribution in [0.4, 0.5) is 0 Å². The van der Waals surface area contributed by atoms with Crippen LogP contribution in [0.25, 0.3) is 10.8 Å². The molecule has 308 valence electrons. The number of ketones is 2. The number of fused-ring (bicyclic) bond motifs is 3. The summed E-state index contributed by atoms with van der Waals surface area (Å²) in [5.41, 5.74) is 2.81. The van der Waals surface area contributed by atoms with E-state index in [1.807, 2.05) is 27.7 Å². The summed E-state index contributed by atoms with van der Waals surface area (Å²) in [5, 5.41) is 2.44. The molecule has 0 heterocycles. The summed E-state index contributed by atoms with van der Waals surface area (Å²) in [5.74, 6) is 1.39. The van der Waals surface area contributed by atoms with Gasteiger partial charge in [-0.3, -0.25) is 9.59 Å². The van der Waals surface area contributed by atoms with Crippen LogP contribution >= 0.6 is 0 Å². The third-order valence-electron chi connectivity index (χ3n) is 11.8. The minimum Gasteiger partial charge on any atom is -0.488 e. The van der Waals surface area contributed by atoms with Gasteiger partial charge in [0.1, 0.15) is 33.9 Å². The largest absolute Gasteiger partial charge is 0.488 e. The average Bonchev–Trinajstić information content (AvgIpc) is 3.57. The Morgan fingerprint density at radius 3 is 1.54 bits per heavy atom. The van der Waals surface area contributed by atoms with E-state index in [1.54, 1.807) is 27.7 Å². The molecule has 0 aromatic heterocycles. The highest BCUT2D eigenvalue weighted by molar-refractivity contribution is 5.96. The van der Waals surface area contributed by atoms with Gasteiger partial charge in [-0.1, -0.05) is 104 Å². The summed E-state index contributed by atoms with van der Waals surface area (Å²) in [6.45, 7) is 23.2. The zero-order chi connectivity index (χ0) is 42.6. The Labute approximate surface area is 351 Å². The Bertz CT molecular complexity index is 2180. The van der Waals surface area contributed by atoms with Crippen molar-refractivity contribution in [2.75, 3.05) is 13.2 Å². The fourth-order valence-corrected chi connectivity index (χ4v) is 8.34. The first kappa shape index (κ1) is 43.3. The molecule has 1 aliphatic rings. The van der Waals surface area contributed by atoms with Gasteiger partial charge in [0.2, 0.25) is 0 Å². The van der Waals surface area contributed by atoms with E-state index in [0.717, 1.165) is 17.9 Å². The van der Waals surface area contributed by atoms with Crippen LogP contribution in [-0.2, 0) is 24.5 Å². The summed E-state index contributed by atoms with van der Waals surface area (Å²) in [7, 11) is 0. The lowest BCUT2D eigenvalue weighted by Crippen LogP contribution is -2.37. The van der Waals surface area contributed by atoms with Gasteiger partial charge >= 0.3 is 0 Å². The summed E-state index contributed by atoms with van der Waals surface area (Å²) in [6, 6.07) is 41.3. The molecule has 1 unspecified atom stereocenters. The van der Waals surface area contributed by atoms with Crippen LogP contribution in [-0.4, -0.2) is 47.2 Å². The van der Waals surface area contributed by atoms with Crippen molar-refractivity contribution in [3.63, 3.8) is 0 Å². The van der Waals surface area contributed by atoms with Gasteiger partial charge in [0.15, 0.2) is 11.6 Å². The topological polar surface area (TPSA) is 71.1 Å². The first-order valence-electron chi connectivity index (χ1n) is 20.7. The lowest BCUT2D eigenvalue weighted by atomic mass is 9.68. The molecule has 5 aromatic carbocycles. The van der Waals surface area contributed by atoms with Gasteiger partial charge in [0, 0.05) is 24.2 Å². The molecule has 0 amide bonds. The maximum atomic E-state index is 12.3. The fourth-order valence-electron chi connectivity index (χ4n) is 8.34. The molecule has 0 N–H and O–H groups in total. The molecule has 0 radical (unpaired) electrons. The SMILES string of the molecule is C=CC(=O)C(C)(C)OCCC(C)(C)Oc1ccc(C2(c3ccc(OC(C)(C)CCOC(C)(C)C(=O)C=C)cc3)CC(c3ccccc3)c3ccc4ccccc4c32)cc1. The zero-order valence-electron chi connectivity index (χ0n) is 36.1. The van der Waals surface area contributed by atoms with Crippen molar-refractivity contribution in [2.45, 2.75) is 108 Å². The van der Waals surface area contributed by atoms with Crippen LogP contribution in [0, 0.1) is 0 Å². The van der Waals surface area contributed by atoms with E-state index in [4.69, 9.17) is 18.9 Å². The Morgan fingerprint density at radius 2 is 1.07 bits per heavy atom. The minimum atomic E-state index is -0.937. The van der Waals surface area contributed by atoms with Gasteiger partial charge in [-0.2, -0.15) is 0 Å². The van der Waals surface area contributed by atoms with Crippen molar-refractivity contribution in [1.82, 2.24) is 0 Å². The first-order valence-corrected chi connectivity index (χ1v) is 20.7. The maximum Gasteiger partial charge on any atom is 0.186 e. The molecule has 1 atom stereocenters. The van der Waals surface area contributed by atoms with Crippen molar-refractivity contribution in [3.05, 3.63) is 168 Å². The number of benzene rings is 5. The molecular weight excluding hydrogens is 733 g/mol. The van der Waals surface area contributed by atoms with E-state index in [9.17, 15) is 9.59 Å². The Balaban J connectivity index is 1.36. The quantitative estimate of drug-likeness (QED) is 0.0776. The minimum absolute atomic E-state index is 0.146. The predicted octanol–water partition coefficient (Wildman–Crippen LogP) is 11.9. The summed E-state index contributed by atoms with van der Waals surface area (Å²) < 4.78 is 25.1. The lowest BCUT2D eigenvalue weighted by molar-refractivity contribution is -0.136. The number of hydrogen-bond acceptors (Lipinski definition) is 6. The summed E-state index contributed by atoms with van der Waals surface area (Å²) in [6.07, 6.45) is 4.64. The molecule has 0 bridgehead atoms. The zero-order valence-corrected chi connectivity index (χ0v) is 36.1. The molecule has 6 heteroatoms. The van der Waals surface area contributed by atoms with Gasteiger partial charge in [0.05, 0.1) is 13.2 Å². The number of rotatable bonds is 19. The number of carbonyl (C=O) groups is 2. The van der Waals surface area contributed by atoms with Gasteiger partial charge in [-0.25, -0.2) is 0 Å². The second-order valence-corrected chi connectivity index (χ2v) is 18.0. The van der Waals surface area contributed by atoms with E-state index in [0.29, 0.717) is 26.1 Å². The highest BCUT2D eigenvalue weighted by atomic mass is 16.5. The smallest absolute Gasteiger partial charge is 0.186 e. The van der Waals surface area contributed by atoms with E-state index >= 15 is 0 Å². The molecule has 6 nitrogen and oxygen atoms in total. The summed E-state index contributed by atoms with van der Waals surface area (Å²) >= 11 is 0. The van der Waals surface area contributed by atoms with Crippen molar-refractivity contribution in [1.29, 1.82) is 0 Å². The van der Waals surface area contributed by atoms with Crippen molar-refractivity contribution in [2.24, 2.45) is 0 Å². The van der Waals surface area contributed by atoms with E-state index in [2.05, 4.69) is 128 Å². The predicted molar refractivity (Wildman–Crippen MR) is 239 cm³/mol. The van der Waals surface area contributed by atoms with E-state index in [1.165, 1.54) is 50.7 Å². The third kappa shape index (κ3) is 9.45. The van der Waals surface area contributed by atoms with Gasteiger partial charge in [-0.05, 0) is 137 Å². The van der Waals surface area contributed by atoms with Gasteiger partial charge in [0.25, 0.3) is 0 Å². The molecule has 5 aromatic rings. The van der Waals surface area contributed by atoms with Gasteiger partial charge < -0.3 is 18.9 Å². The molecular formula is C53H60O6. The third-order valence-corrected chi connectivity index (χ3v) is 11.8. The van der Waals surface area contributed by atoms with Crippen molar-refractivity contribution < 1.29 is 28.5 Å². The second-order valence-electron chi connectivity index (χ2n) is 18.0. The number of carbonyl (C=O) groups excluding carboxylic acids is 2. The molecule has 0 fully saturated rings. The van der Waals surface area contributed by atoms with Crippen LogP contribution < -0.4 is 9.47 Å². The van der Waals surface area contributed by atoms with Gasteiger partial charge in [-0.15, -0.1) is 0 Å². The van der Waals surface area contributed by atoms with Crippen LogP contribution in [0.2, 0.25) is 0 Å². The highest BCUT2D eigenvalue weighted by Gasteiger charge is 2.48. The van der Waals surface area contributed by atoms with Crippen LogP contribution in [0.5, 0.6) is 11.5 Å². The normalized spacial score (nSPS) is 15.4. The maximum absolute atomic E-state index is 12.3. The second kappa shape index (κ2) is 17.1. The van der Waals surface area contributed by atoms with Crippen LogP contribution in [0.3, 0.4) is 0 Å². The molecule has 0 saturated carbocycles. The first-order chi connectivity index (χ1) is 27.9. The highest BCUT2D eigenvalue weighted by Crippen LogP contribution is 2.58. The summed E-state index contributed by atoms with van der Waals surface area (Å²) in [4.78, 5) is 24.5. The fraction of sp³-hybridized carbons (Fsp3) is 0.358.